The zero-order valence-electron chi connectivity index (χ0n) is 10.2. The number of aromatic nitrogens is 3. The minimum absolute atomic E-state index is 0.381. The van der Waals surface area contributed by atoms with E-state index in [4.69, 9.17) is 16.3 Å². The Bertz CT molecular complexity index is 556. The minimum atomic E-state index is 0.381. The van der Waals surface area contributed by atoms with Gasteiger partial charge in [-0.2, -0.15) is 5.10 Å². The Kier molecular flexibility index (Phi) is 4.24. The number of aryl methyl sites for hydroxylation is 2. The molecular formula is C12H13BrClN3O. The van der Waals surface area contributed by atoms with Crippen LogP contribution in [-0.4, -0.2) is 14.8 Å². The Labute approximate surface area is 119 Å². The predicted molar refractivity (Wildman–Crippen MR) is 73.9 cm³/mol. The molecule has 0 atom stereocenters. The third kappa shape index (κ3) is 2.84. The second-order valence-electron chi connectivity index (χ2n) is 3.79. The maximum absolute atomic E-state index is 6.20. The average Bonchev–Trinajstić information content (AvgIpc) is 2.63. The largest absolute Gasteiger partial charge is 0.486 e. The number of nitrogens with zero attached hydrogens (tertiary/aromatic N) is 3. The summed E-state index contributed by atoms with van der Waals surface area (Å²) in [5.41, 5.74) is 1.71. The third-order valence-electron chi connectivity index (χ3n) is 2.51. The lowest BCUT2D eigenvalue weighted by Crippen LogP contribution is -2.06. The van der Waals surface area contributed by atoms with Crippen LogP contribution in [0.5, 0.6) is 5.75 Å². The molecule has 0 unspecified atom stereocenters. The van der Waals surface area contributed by atoms with Gasteiger partial charge in [0.05, 0.1) is 22.6 Å². The van der Waals surface area contributed by atoms with Crippen LogP contribution in [0.4, 0.5) is 0 Å². The summed E-state index contributed by atoms with van der Waals surface area (Å²) >= 11 is 9.55. The fraction of sp³-hybridized carbons (Fsp3) is 0.333. The van der Waals surface area contributed by atoms with E-state index in [1.165, 1.54) is 0 Å². The molecule has 0 aromatic carbocycles. The van der Waals surface area contributed by atoms with E-state index in [1.807, 2.05) is 24.6 Å². The number of rotatable bonds is 4. The molecule has 6 heteroatoms. The molecule has 0 amide bonds. The molecule has 2 aromatic heterocycles. The summed E-state index contributed by atoms with van der Waals surface area (Å²) < 4.78 is 8.40. The molecule has 2 rings (SSSR count). The Balaban J connectivity index is 2.15. The normalized spacial score (nSPS) is 10.7. The summed E-state index contributed by atoms with van der Waals surface area (Å²) in [6, 6.07) is 1.86. The fourth-order valence-electron chi connectivity index (χ4n) is 1.63. The van der Waals surface area contributed by atoms with Crippen LogP contribution in [0, 0.1) is 6.92 Å². The molecule has 4 nitrogen and oxygen atoms in total. The van der Waals surface area contributed by atoms with Gasteiger partial charge in [-0.1, -0.05) is 11.6 Å². The third-order valence-corrected chi connectivity index (χ3v) is 3.43. The Morgan fingerprint density at radius 3 is 2.89 bits per heavy atom. The molecule has 2 heterocycles. The maximum atomic E-state index is 6.20. The molecule has 0 bridgehead atoms. The van der Waals surface area contributed by atoms with Gasteiger partial charge < -0.3 is 4.74 Å². The molecule has 0 saturated heterocycles. The van der Waals surface area contributed by atoms with Gasteiger partial charge >= 0.3 is 0 Å². The van der Waals surface area contributed by atoms with E-state index in [9.17, 15) is 0 Å². The number of ether oxygens (including phenoxy) is 1. The van der Waals surface area contributed by atoms with E-state index in [0.29, 0.717) is 17.4 Å². The van der Waals surface area contributed by atoms with E-state index in [0.717, 1.165) is 22.4 Å². The van der Waals surface area contributed by atoms with Gasteiger partial charge in [0.1, 0.15) is 12.4 Å². The number of hydrogen-bond acceptors (Lipinski definition) is 3. The Hall–Kier alpha value is -1.07. The lowest BCUT2D eigenvalue weighted by atomic mass is 10.3. The lowest BCUT2D eigenvalue weighted by Gasteiger charge is -2.08. The van der Waals surface area contributed by atoms with Gasteiger partial charge in [0, 0.05) is 17.2 Å². The highest BCUT2D eigenvalue weighted by atomic mass is 79.9. The highest BCUT2D eigenvalue weighted by Gasteiger charge is 2.13. The molecule has 0 aliphatic carbocycles. The maximum Gasteiger partial charge on any atom is 0.139 e. The van der Waals surface area contributed by atoms with Crippen LogP contribution in [0.2, 0.25) is 5.02 Å². The fourth-order valence-corrected chi connectivity index (χ4v) is 2.16. The van der Waals surface area contributed by atoms with Gasteiger partial charge in [0.2, 0.25) is 0 Å². The highest BCUT2D eigenvalue weighted by molar-refractivity contribution is 9.10. The monoisotopic (exact) mass is 329 g/mol. The highest BCUT2D eigenvalue weighted by Crippen LogP contribution is 2.23. The summed E-state index contributed by atoms with van der Waals surface area (Å²) in [5, 5.41) is 5.00. The summed E-state index contributed by atoms with van der Waals surface area (Å²) in [6.07, 6.45) is 3.37. The minimum Gasteiger partial charge on any atom is -0.486 e. The van der Waals surface area contributed by atoms with Crippen molar-refractivity contribution < 1.29 is 4.74 Å². The Morgan fingerprint density at radius 2 is 2.22 bits per heavy atom. The van der Waals surface area contributed by atoms with Gasteiger partial charge in [-0.25, -0.2) is 0 Å². The molecule has 2 aromatic rings. The van der Waals surface area contributed by atoms with Crippen LogP contribution < -0.4 is 4.74 Å². The molecule has 0 aliphatic heterocycles. The molecule has 0 saturated carbocycles. The van der Waals surface area contributed by atoms with E-state index >= 15 is 0 Å². The first kappa shape index (κ1) is 13.4. The van der Waals surface area contributed by atoms with Crippen LogP contribution in [-0.2, 0) is 13.2 Å². The van der Waals surface area contributed by atoms with E-state index in [1.54, 1.807) is 12.4 Å². The molecule has 0 spiro atoms. The molecule has 18 heavy (non-hydrogen) atoms. The van der Waals surface area contributed by atoms with Crippen molar-refractivity contribution in [1.82, 2.24) is 14.8 Å². The van der Waals surface area contributed by atoms with Gasteiger partial charge in [-0.15, -0.1) is 0 Å². The number of hydrogen-bond donors (Lipinski definition) is 0. The molecule has 0 radical (unpaired) electrons. The number of pyridine rings is 1. The van der Waals surface area contributed by atoms with Crippen LogP contribution in [0.1, 0.15) is 18.3 Å². The standard InChI is InChI=1S/C12H13BrClN3O/c1-3-17-11(12(14)8(2)16-17)7-18-10-4-9(13)5-15-6-10/h4-6H,3,7H2,1-2H3. The van der Waals surface area contributed by atoms with Crippen LogP contribution >= 0.6 is 27.5 Å². The van der Waals surface area contributed by atoms with Crippen LogP contribution in [0.3, 0.4) is 0 Å². The van der Waals surface area contributed by atoms with Crippen molar-refractivity contribution in [3.8, 4) is 5.75 Å². The summed E-state index contributed by atoms with van der Waals surface area (Å²) in [6.45, 7) is 5.06. The van der Waals surface area contributed by atoms with Crippen molar-refractivity contribution >= 4 is 27.5 Å². The second kappa shape index (κ2) is 5.71. The topological polar surface area (TPSA) is 39.9 Å². The van der Waals surface area contributed by atoms with Gasteiger partial charge in [0.15, 0.2) is 0 Å². The molecule has 96 valence electrons. The zero-order valence-corrected chi connectivity index (χ0v) is 12.5. The average molecular weight is 331 g/mol. The molecular weight excluding hydrogens is 318 g/mol. The molecule has 0 N–H and O–H groups in total. The SMILES string of the molecule is CCn1nc(C)c(Cl)c1COc1cncc(Br)c1. The van der Waals surface area contributed by atoms with Crippen molar-refractivity contribution in [3.63, 3.8) is 0 Å². The molecule has 0 fully saturated rings. The first-order chi connectivity index (χ1) is 8.61. The van der Waals surface area contributed by atoms with Crippen molar-refractivity contribution in [3.05, 3.63) is 39.3 Å². The van der Waals surface area contributed by atoms with Crippen molar-refractivity contribution in [2.45, 2.75) is 27.0 Å². The van der Waals surface area contributed by atoms with Crippen molar-refractivity contribution in [1.29, 1.82) is 0 Å². The van der Waals surface area contributed by atoms with Gasteiger partial charge in [0.25, 0.3) is 0 Å². The van der Waals surface area contributed by atoms with Crippen molar-refractivity contribution in [2.75, 3.05) is 0 Å². The van der Waals surface area contributed by atoms with Gasteiger partial charge in [-0.3, -0.25) is 9.67 Å². The van der Waals surface area contributed by atoms with Crippen LogP contribution in [0.15, 0.2) is 22.9 Å². The zero-order chi connectivity index (χ0) is 13.1. The van der Waals surface area contributed by atoms with Gasteiger partial charge in [-0.05, 0) is 35.8 Å². The Morgan fingerprint density at radius 1 is 1.44 bits per heavy atom. The smallest absolute Gasteiger partial charge is 0.139 e. The van der Waals surface area contributed by atoms with E-state index in [-0.39, 0.29) is 0 Å². The first-order valence-corrected chi connectivity index (χ1v) is 6.74. The van der Waals surface area contributed by atoms with E-state index < -0.39 is 0 Å². The van der Waals surface area contributed by atoms with Crippen molar-refractivity contribution in [2.24, 2.45) is 0 Å². The summed E-state index contributed by atoms with van der Waals surface area (Å²) in [7, 11) is 0. The second-order valence-corrected chi connectivity index (χ2v) is 5.08. The van der Waals surface area contributed by atoms with Crippen LogP contribution in [0.25, 0.3) is 0 Å². The first-order valence-electron chi connectivity index (χ1n) is 5.57. The lowest BCUT2D eigenvalue weighted by molar-refractivity contribution is 0.291. The number of halogens is 2. The predicted octanol–water partition coefficient (Wildman–Crippen LogP) is 3.60. The quantitative estimate of drug-likeness (QED) is 0.860. The molecule has 0 aliphatic rings. The summed E-state index contributed by atoms with van der Waals surface area (Å²) in [4.78, 5) is 4.04. The summed E-state index contributed by atoms with van der Waals surface area (Å²) in [5.74, 6) is 0.696. The van der Waals surface area contributed by atoms with E-state index in [2.05, 4.69) is 26.0 Å².